The summed E-state index contributed by atoms with van der Waals surface area (Å²) in [7, 11) is 0. The number of nitriles is 1. The molecule has 0 heterocycles. The Morgan fingerprint density at radius 3 is 2.33 bits per heavy atom. The minimum absolute atomic E-state index is 0.0558. The van der Waals surface area contributed by atoms with Gasteiger partial charge in [-0.2, -0.15) is 5.26 Å². The van der Waals surface area contributed by atoms with Crippen molar-refractivity contribution < 1.29 is 9.53 Å². The fourth-order valence-corrected chi connectivity index (χ4v) is 0.875. The topological polar surface area (TPSA) is 50.1 Å². The van der Waals surface area contributed by atoms with Gasteiger partial charge in [0.25, 0.3) is 4.51 Å². The lowest BCUT2D eigenvalue weighted by Gasteiger charge is -1.99. The smallest absolute Gasteiger partial charge is 0.260 e. The monoisotopic (exact) mass is 259 g/mol. The maximum Gasteiger partial charge on any atom is 0.260 e. The van der Waals surface area contributed by atoms with Gasteiger partial charge >= 0.3 is 0 Å². The first-order chi connectivity index (χ1) is 7.13. The number of nitrogens with zero attached hydrogens (tertiary/aromatic N) is 1. The van der Waals surface area contributed by atoms with Gasteiger partial charge in [-0.1, -0.05) is 0 Å². The lowest BCUT2D eigenvalue weighted by Crippen LogP contribution is -1.94. The molecule has 78 valence electrons. The number of benzene rings is 1. The van der Waals surface area contributed by atoms with Crippen LogP contribution in [-0.4, -0.2) is 10.1 Å². The van der Waals surface area contributed by atoms with Crippen LogP contribution in [0.3, 0.4) is 0 Å². The highest BCUT2D eigenvalue weighted by Crippen LogP contribution is 2.12. The summed E-state index contributed by atoms with van der Waals surface area (Å²) in [5.41, 5.74) is 1.02. The van der Waals surface area contributed by atoms with E-state index < -0.39 is 0 Å². The van der Waals surface area contributed by atoms with Crippen molar-refractivity contribution in [1.82, 2.24) is 0 Å². The Balaban J connectivity index is 0.000000583. The second-order valence-electron chi connectivity index (χ2n) is 2.08. The van der Waals surface area contributed by atoms with E-state index in [1.165, 1.54) is 0 Å². The molecule has 6 heteroatoms. The van der Waals surface area contributed by atoms with Crippen LogP contribution in [-0.2, 0) is 4.79 Å². The lowest BCUT2D eigenvalue weighted by molar-refractivity contribution is 0.570. The number of rotatable bonds is 1. The Kier molecular flexibility index (Phi) is 7.64. The maximum atomic E-state index is 8.67. The van der Waals surface area contributed by atoms with Crippen molar-refractivity contribution in [2.45, 2.75) is 0 Å². The quantitative estimate of drug-likeness (QED) is 0.365. The van der Waals surface area contributed by atoms with Gasteiger partial charge in [0.1, 0.15) is 5.75 Å². The van der Waals surface area contributed by atoms with Crippen LogP contribution in [0.25, 0.3) is 0 Å². The predicted molar refractivity (Wildman–Crippen MR) is 66.0 cm³/mol. The van der Waals surface area contributed by atoms with Gasteiger partial charge in [-0.05, 0) is 48.1 Å². The number of carbonyl (C=O) groups is 1. The number of hydrogen-bond donors (Lipinski definition) is 1. The standard InChI is InChI=1S/C8H4ClNOS.CH2OS/c9-8(12)11-7-3-1-6(5-10)2-4-7;2-1-3/h1-4H;1H,(H,2,3). The molecule has 0 aliphatic rings. The van der Waals surface area contributed by atoms with Crippen molar-refractivity contribution in [3.8, 4) is 11.8 Å². The van der Waals surface area contributed by atoms with E-state index in [0.717, 1.165) is 0 Å². The van der Waals surface area contributed by atoms with E-state index in [4.69, 9.17) is 26.4 Å². The first kappa shape index (κ1) is 13.9. The molecule has 0 saturated carbocycles. The van der Waals surface area contributed by atoms with E-state index >= 15 is 0 Å². The van der Waals surface area contributed by atoms with Gasteiger partial charge < -0.3 is 4.74 Å². The molecular weight excluding hydrogens is 254 g/mol. The van der Waals surface area contributed by atoms with Crippen molar-refractivity contribution in [1.29, 1.82) is 5.26 Å². The first-order valence-electron chi connectivity index (χ1n) is 3.59. The van der Waals surface area contributed by atoms with Gasteiger partial charge in [0.15, 0.2) is 5.62 Å². The number of halogens is 1. The summed E-state index contributed by atoms with van der Waals surface area (Å²) in [6.45, 7) is 0. The summed E-state index contributed by atoms with van der Waals surface area (Å²) in [5, 5.41) is 8.47. The average Bonchev–Trinajstić information content (AvgIpc) is 2.19. The van der Waals surface area contributed by atoms with E-state index in [-0.39, 0.29) is 4.51 Å². The van der Waals surface area contributed by atoms with Gasteiger partial charge in [0, 0.05) is 0 Å². The Labute approximate surface area is 103 Å². The molecule has 0 atom stereocenters. The molecule has 0 fully saturated rings. The zero-order chi connectivity index (χ0) is 11.7. The fourth-order valence-electron chi connectivity index (χ4n) is 0.690. The zero-order valence-electron chi connectivity index (χ0n) is 7.38. The molecule has 0 N–H and O–H groups in total. The van der Waals surface area contributed by atoms with Gasteiger partial charge in [-0.3, -0.25) is 4.79 Å². The average molecular weight is 260 g/mol. The molecule has 3 nitrogen and oxygen atoms in total. The Morgan fingerprint density at radius 2 is 2.00 bits per heavy atom. The SMILES string of the molecule is N#Cc1ccc(OC(=S)Cl)cc1.O=CS. The van der Waals surface area contributed by atoms with Crippen LogP contribution in [0, 0.1) is 11.3 Å². The third-order valence-corrected chi connectivity index (χ3v) is 1.34. The predicted octanol–water partition coefficient (Wildman–Crippen LogP) is 2.57. The van der Waals surface area contributed by atoms with Crippen LogP contribution in [0.15, 0.2) is 24.3 Å². The van der Waals surface area contributed by atoms with E-state index in [0.29, 0.717) is 16.9 Å². The zero-order valence-corrected chi connectivity index (χ0v) is 9.85. The lowest BCUT2D eigenvalue weighted by atomic mass is 10.2. The molecule has 0 bridgehead atoms. The summed E-state index contributed by atoms with van der Waals surface area (Å²) in [6.07, 6.45) is 0. The molecule has 1 rings (SSSR count). The minimum atomic E-state index is -0.0558. The Hall–Kier alpha value is -1.09. The van der Waals surface area contributed by atoms with Crippen LogP contribution in [0.1, 0.15) is 5.56 Å². The normalized spacial score (nSPS) is 7.80. The Bertz CT molecular complexity index is 373. The molecule has 0 aliphatic carbocycles. The largest absolute Gasteiger partial charge is 0.436 e. The summed E-state index contributed by atoms with van der Waals surface area (Å²) >= 11 is 13.0. The van der Waals surface area contributed by atoms with Crippen molar-refractivity contribution >= 4 is 46.6 Å². The van der Waals surface area contributed by atoms with Gasteiger partial charge in [-0.25, -0.2) is 0 Å². The van der Waals surface area contributed by atoms with E-state index in [9.17, 15) is 0 Å². The molecule has 0 aromatic heterocycles. The molecule has 0 saturated heterocycles. The summed E-state index contributed by atoms with van der Waals surface area (Å²) in [6, 6.07) is 8.51. The van der Waals surface area contributed by atoms with E-state index in [1.807, 2.05) is 6.07 Å². The van der Waals surface area contributed by atoms with Crippen LogP contribution in [0.5, 0.6) is 5.75 Å². The second kappa shape index (κ2) is 8.24. The molecule has 1 aromatic carbocycles. The molecule has 1 aromatic rings. The third kappa shape index (κ3) is 6.91. The molecule has 0 radical (unpaired) electrons. The number of carbonyl (C=O) groups excluding carboxylic acids is 1. The summed E-state index contributed by atoms with van der Waals surface area (Å²) in [4.78, 5) is 8.67. The fraction of sp³-hybridized carbons (Fsp3) is 0. The molecular formula is C9H6ClNO2S2. The highest BCUT2D eigenvalue weighted by atomic mass is 35.5. The summed E-state index contributed by atoms with van der Waals surface area (Å²) < 4.78 is 4.85. The Morgan fingerprint density at radius 1 is 1.53 bits per heavy atom. The molecule has 0 unspecified atom stereocenters. The van der Waals surface area contributed by atoms with Gasteiger partial charge in [0.2, 0.25) is 0 Å². The first-order valence-corrected chi connectivity index (χ1v) is 4.89. The number of thiocarbonyl (C=S) groups is 1. The van der Waals surface area contributed by atoms with Gasteiger partial charge in [-0.15, -0.1) is 12.6 Å². The minimum Gasteiger partial charge on any atom is -0.436 e. The van der Waals surface area contributed by atoms with Crippen molar-refractivity contribution in [2.24, 2.45) is 0 Å². The van der Waals surface area contributed by atoms with Crippen LogP contribution < -0.4 is 4.74 Å². The highest BCUT2D eigenvalue weighted by molar-refractivity contribution is 7.94. The van der Waals surface area contributed by atoms with Crippen molar-refractivity contribution in [3.05, 3.63) is 29.8 Å². The molecule has 15 heavy (non-hydrogen) atoms. The number of hydrogen-bond acceptors (Lipinski definition) is 4. The van der Waals surface area contributed by atoms with Crippen LogP contribution in [0.2, 0.25) is 0 Å². The van der Waals surface area contributed by atoms with Crippen LogP contribution in [0.4, 0.5) is 0 Å². The number of ether oxygens (including phenoxy) is 1. The van der Waals surface area contributed by atoms with Crippen LogP contribution >= 0.6 is 36.4 Å². The van der Waals surface area contributed by atoms with Gasteiger partial charge in [0.05, 0.1) is 11.6 Å². The maximum absolute atomic E-state index is 8.67. The van der Waals surface area contributed by atoms with Crippen molar-refractivity contribution in [3.63, 3.8) is 0 Å². The molecule has 0 amide bonds. The number of thiol groups is 1. The molecule has 0 spiro atoms. The summed E-state index contributed by atoms with van der Waals surface area (Å²) in [5.74, 6) is 0.536. The second-order valence-corrected chi connectivity index (χ2v) is 3.23. The van der Waals surface area contributed by atoms with E-state index in [2.05, 4.69) is 24.8 Å². The van der Waals surface area contributed by atoms with Crippen molar-refractivity contribution in [2.75, 3.05) is 0 Å². The third-order valence-electron chi connectivity index (χ3n) is 1.18. The highest BCUT2D eigenvalue weighted by Gasteiger charge is 1.95. The molecule has 0 aliphatic heterocycles. The van der Waals surface area contributed by atoms with E-state index in [1.54, 1.807) is 24.3 Å².